The summed E-state index contributed by atoms with van der Waals surface area (Å²) < 4.78 is 34.3. The van der Waals surface area contributed by atoms with Gasteiger partial charge in [0.05, 0.1) is 17.5 Å². The van der Waals surface area contributed by atoms with Crippen molar-refractivity contribution in [2.24, 2.45) is 0 Å². The van der Waals surface area contributed by atoms with Crippen LogP contribution in [-0.2, 0) is 14.8 Å². The molecule has 2 aromatic rings. The summed E-state index contributed by atoms with van der Waals surface area (Å²) in [6.07, 6.45) is 4.76. The standard InChI is InChI=1S/C21H27NO3S/c1-2-3-4-9-14-19-17-25-21(18-12-7-5-8-13-18)22(19)26(23,24)20-15-10-6-11-16-20/h5-8,10-13,15-16,19,21H,2-4,9,14,17H2,1H3. The highest BCUT2D eigenvalue weighted by Crippen LogP contribution is 2.37. The molecule has 0 aromatic heterocycles. The third-order valence-electron chi connectivity index (χ3n) is 4.83. The third-order valence-corrected chi connectivity index (χ3v) is 6.74. The van der Waals surface area contributed by atoms with E-state index in [4.69, 9.17) is 4.74 Å². The fraction of sp³-hybridized carbons (Fsp3) is 0.429. The van der Waals surface area contributed by atoms with Crippen molar-refractivity contribution in [2.75, 3.05) is 6.61 Å². The highest BCUT2D eigenvalue weighted by Gasteiger charge is 2.43. The second-order valence-corrected chi connectivity index (χ2v) is 8.59. The van der Waals surface area contributed by atoms with E-state index in [1.54, 1.807) is 28.6 Å². The van der Waals surface area contributed by atoms with E-state index in [-0.39, 0.29) is 6.04 Å². The van der Waals surface area contributed by atoms with Gasteiger partial charge in [0.1, 0.15) is 6.23 Å². The molecule has 0 bridgehead atoms. The Morgan fingerprint density at radius 1 is 0.962 bits per heavy atom. The second kappa shape index (κ2) is 8.80. The van der Waals surface area contributed by atoms with E-state index < -0.39 is 16.3 Å². The van der Waals surface area contributed by atoms with Gasteiger partial charge in [0.25, 0.3) is 0 Å². The van der Waals surface area contributed by atoms with E-state index >= 15 is 0 Å². The van der Waals surface area contributed by atoms with Crippen molar-refractivity contribution in [3.05, 3.63) is 66.2 Å². The molecule has 2 aromatic carbocycles. The van der Waals surface area contributed by atoms with Crippen LogP contribution in [0.15, 0.2) is 65.6 Å². The summed E-state index contributed by atoms with van der Waals surface area (Å²) in [4.78, 5) is 0.324. The van der Waals surface area contributed by atoms with Crippen LogP contribution in [-0.4, -0.2) is 25.4 Å². The number of hydrogen-bond donors (Lipinski definition) is 0. The lowest BCUT2D eigenvalue weighted by molar-refractivity contribution is 0.0680. The second-order valence-electron chi connectivity index (χ2n) is 6.75. The van der Waals surface area contributed by atoms with E-state index in [0.29, 0.717) is 11.5 Å². The zero-order valence-corrected chi connectivity index (χ0v) is 16.1. The van der Waals surface area contributed by atoms with Gasteiger partial charge >= 0.3 is 0 Å². The molecule has 0 N–H and O–H groups in total. The summed E-state index contributed by atoms with van der Waals surface area (Å²) in [6, 6.07) is 18.2. The molecule has 0 aliphatic carbocycles. The number of hydrogen-bond acceptors (Lipinski definition) is 3. The molecule has 1 aliphatic rings. The quantitative estimate of drug-likeness (QED) is 0.628. The predicted octanol–water partition coefficient (Wildman–Crippen LogP) is 4.75. The first-order valence-corrected chi connectivity index (χ1v) is 10.8. The minimum Gasteiger partial charge on any atom is -0.356 e. The van der Waals surface area contributed by atoms with Crippen molar-refractivity contribution in [1.29, 1.82) is 0 Å². The van der Waals surface area contributed by atoms with E-state index in [2.05, 4.69) is 6.92 Å². The van der Waals surface area contributed by atoms with Crippen molar-refractivity contribution >= 4 is 10.0 Å². The van der Waals surface area contributed by atoms with E-state index in [0.717, 1.165) is 24.8 Å². The van der Waals surface area contributed by atoms with Gasteiger partial charge in [-0.2, -0.15) is 4.31 Å². The van der Waals surface area contributed by atoms with E-state index in [1.165, 1.54) is 12.8 Å². The predicted molar refractivity (Wildman–Crippen MR) is 103 cm³/mol. The zero-order valence-electron chi connectivity index (χ0n) is 15.3. The number of ether oxygens (including phenoxy) is 1. The third kappa shape index (κ3) is 4.17. The number of sulfonamides is 1. The van der Waals surface area contributed by atoms with E-state index in [9.17, 15) is 8.42 Å². The molecule has 0 saturated carbocycles. The molecule has 2 unspecified atom stereocenters. The SMILES string of the molecule is CCCCCCC1COC(c2ccccc2)N1S(=O)(=O)c1ccccc1. The molecule has 0 spiro atoms. The minimum absolute atomic E-state index is 0.123. The van der Waals surface area contributed by atoms with Crippen LogP contribution in [0, 0.1) is 0 Å². The molecule has 3 rings (SSSR count). The molecular weight excluding hydrogens is 346 g/mol. The molecule has 1 heterocycles. The van der Waals surface area contributed by atoms with Gasteiger partial charge in [0.15, 0.2) is 0 Å². The lowest BCUT2D eigenvalue weighted by Crippen LogP contribution is -2.38. The summed E-state index contributed by atoms with van der Waals surface area (Å²) in [5.74, 6) is 0. The summed E-state index contributed by atoms with van der Waals surface area (Å²) in [5.41, 5.74) is 0.878. The van der Waals surface area contributed by atoms with Crippen LogP contribution in [0.3, 0.4) is 0 Å². The molecule has 0 radical (unpaired) electrons. The van der Waals surface area contributed by atoms with Gasteiger partial charge in [0.2, 0.25) is 10.0 Å². The fourth-order valence-corrected chi connectivity index (χ4v) is 5.19. The van der Waals surface area contributed by atoms with Crippen molar-refractivity contribution < 1.29 is 13.2 Å². The fourth-order valence-electron chi connectivity index (χ4n) is 3.46. The molecule has 5 heteroatoms. The first kappa shape index (κ1) is 19.1. The number of benzene rings is 2. The maximum atomic E-state index is 13.4. The molecule has 0 amide bonds. The summed E-state index contributed by atoms with van der Waals surface area (Å²) in [5, 5.41) is 0. The highest BCUT2D eigenvalue weighted by atomic mass is 32.2. The average molecular weight is 374 g/mol. The zero-order chi connectivity index (χ0) is 18.4. The van der Waals surface area contributed by atoms with Crippen molar-refractivity contribution in [2.45, 2.75) is 56.2 Å². The molecule has 1 saturated heterocycles. The Morgan fingerprint density at radius 3 is 2.27 bits per heavy atom. The Labute approximate surface area is 156 Å². The van der Waals surface area contributed by atoms with Crippen LogP contribution >= 0.6 is 0 Å². The Morgan fingerprint density at radius 2 is 1.62 bits per heavy atom. The largest absolute Gasteiger partial charge is 0.356 e. The average Bonchev–Trinajstić information content (AvgIpc) is 3.11. The van der Waals surface area contributed by atoms with Gasteiger partial charge in [-0.3, -0.25) is 0 Å². The summed E-state index contributed by atoms with van der Waals surface area (Å²) >= 11 is 0. The Balaban J connectivity index is 1.89. The van der Waals surface area contributed by atoms with Gasteiger partial charge in [0, 0.05) is 0 Å². The van der Waals surface area contributed by atoms with Crippen LogP contribution in [0.25, 0.3) is 0 Å². The van der Waals surface area contributed by atoms with Gasteiger partial charge in [-0.15, -0.1) is 0 Å². The smallest absolute Gasteiger partial charge is 0.245 e. The van der Waals surface area contributed by atoms with E-state index in [1.807, 2.05) is 36.4 Å². The molecule has 1 aliphatic heterocycles. The lowest BCUT2D eigenvalue weighted by atomic mass is 10.1. The molecule has 4 nitrogen and oxygen atoms in total. The van der Waals surface area contributed by atoms with Crippen LogP contribution in [0.5, 0.6) is 0 Å². The first-order chi connectivity index (χ1) is 12.6. The molecule has 26 heavy (non-hydrogen) atoms. The van der Waals surface area contributed by atoms with Gasteiger partial charge in [-0.1, -0.05) is 81.1 Å². The van der Waals surface area contributed by atoms with Gasteiger partial charge in [-0.05, 0) is 24.1 Å². The van der Waals surface area contributed by atoms with Gasteiger partial charge in [-0.25, -0.2) is 8.42 Å². The number of rotatable bonds is 8. The highest BCUT2D eigenvalue weighted by molar-refractivity contribution is 7.89. The first-order valence-electron chi connectivity index (χ1n) is 9.39. The Hall–Kier alpha value is -1.69. The minimum atomic E-state index is -3.62. The topological polar surface area (TPSA) is 46.6 Å². The number of unbranched alkanes of at least 4 members (excludes halogenated alkanes) is 3. The molecular formula is C21H27NO3S. The van der Waals surface area contributed by atoms with Crippen LogP contribution in [0.2, 0.25) is 0 Å². The van der Waals surface area contributed by atoms with Crippen LogP contribution in [0.1, 0.15) is 50.8 Å². The molecule has 2 atom stereocenters. The maximum Gasteiger partial charge on any atom is 0.245 e. The van der Waals surface area contributed by atoms with Crippen molar-refractivity contribution in [1.82, 2.24) is 4.31 Å². The van der Waals surface area contributed by atoms with Gasteiger partial charge < -0.3 is 4.74 Å². The van der Waals surface area contributed by atoms with Crippen LogP contribution < -0.4 is 0 Å². The number of nitrogens with zero attached hydrogens (tertiary/aromatic N) is 1. The van der Waals surface area contributed by atoms with Crippen molar-refractivity contribution in [3.8, 4) is 0 Å². The monoisotopic (exact) mass is 373 g/mol. The Kier molecular flexibility index (Phi) is 6.46. The normalized spacial score (nSPS) is 21.1. The Bertz CT molecular complexity index is 777. The molecule has 1 fully saturated rings. The van der Waals surface area contributed by atoms with Crippen molar-refractivity contribution in [3.63, 3.8) is 0 Å². The van der Waals surface area contributed by atoms with Crippen LogP contribution in [0.4, 0.5) is 0 Å². The molecule has 140 valence electrons. The lowest BCUT2D eigenvalue weighted by Gasteiger charge is -2.27. The summed E-state index contributed by atoms with van der Waals surface area (Å²) in [7, 11) is -3.62. The maximum absolute atomic E-state index is 13.4. The summed E-state index contributed by atoms with van der Waals surface area (Å²) in [6.45, 7) is 2.62.